The Labute approximate surface area is 119 Å². The minimum atomic E-state index is -0.294. The molecular weight excluding hydrogens is 311 g/mol. The molecule has 1 aromatic heterocycles. The Bertz CT molecular complexity index is 616. The van der Waals surface area contributed by atoms with Crippen LogP contribution in [0.3, 0.4) is 0 Å². The Morgan fingerprint density at radius 2 is 1.84 bits per heavy atom. The fourth-order valence-electron chi connectivity index (χ4n) is 1.70. The molecule has 0 radical (unpaired) electrons. The van der Waals surface area contributed by atoms with Gasteiger partial charge >= 0.3 is 0 Å². The molecule has 0 saturated heterocycles. The number of halogens is 2. The lowest BCUT2D eigenvalue weighted by atomic mass is 10.2. The van der Waals surface area contributed by atoms with Gasteiger partial charge in [0.2, 0.25) is 0 Å². The molecule has 2 aromatic rings. The maximum absolute atomic E-state index is 13.2. The summed E-state index contributed by atoms with van der Waals surface area (Å²) in [7, 11) is 1.81. The summed E-state index contributed by atoms with van der Waals surface area (Å²) in [4.78, 5) is 8.65. The van der Waals surface area contributed by atoms with Crippen molar-refractivity contribution < 1.29 is 4.39 Å². The summed E-state index contributed by atoms with van der Waals surface area (Å²) in [5, 5.41) is 6.19. The quantitative estimate of drug-likeness (QED) is 0.902. The van der Waals surface area contributed by atoms with Crippen LogP contribution in [-0.4, -0.2) is 17.0 Å². The Kier molecular flexibility index (Phi) is 3.99. The fourth-order valence-corrected chi connectivity index (χ4v) is 2.08. The number of aromatic nitrogens is 2. The van der Waals surface area contributed by atoms with Gasteiger partial charge in [-0.1, -0.05) is 0 Å². The third-order valence-electron chi connectivity index (χ3n) is 2.68. The normalized spacial score (nSPS) is 10.4. The molecule has 2 N–H and O–H groups in total. The summed E-state index contributed by atoms with van der Waals surface area (Å²) in [6.45, 7) is 3.75. The van der Waals surface area contributed by atoms with Crippen molar-refractivity contribution in [3.63, 3.8) is 0 Å². The van der Waals surface area contributed by atoms with Crippen LogP contribution in [0.15, 0.2) is 22.7 Å². The molecule has 0 fully saturated rings. The minimum absolute atomic E-state index is 0.294. The Morgan fingerprint density at radius 1 is 1.16 bits per heavy atom. The Balaban J connectivity index is 2.37. The molecule has 2 rings (SSSR count). The third kappa shape index (κ3) is 3.01. The van der Waals surface area contributed by atoms with Gasteiger partial charge in [0.05, 0.1) is 4.47 Å². The van der Waals surface area contributed by atoms with Gasteiger partial charge in [-0.15, -0.1) is 0 Å². The van der Waals surface area contributed by atoms with E-state index in [4.69, 9.17) is 0 Å². The highest BCUT2D eigenvalue weighted by molar-refractivity contribution is 9.10. The van der Waals surface area contributed by atoms with E-state index in [9.17, 15) is 4.39 Å². The highest BCUT2D eigenvalue weighted by Crippen LogP contribution is 2.26. The minimum Gasteiger partial charge on any atom is -0.373 e. The van der Waals surface area contributed by atoms with Crippen LogP contribution >= 0.6 is 15.9 Å². The molecule has 1 aromatic carbocycles. The first-order valence-electron chi connectivity index (χ1n) is 5.76. The van der Waals surface area contributed by atoms with Gasteiger partial charge in [0, 0.05) is 18.3 Å². The van der Waals surface area contributed by atoms with E-state index in [-0.39, 0.29) is 5.82 Å². The smallest absolute Gasteiger partial charge is 0.139 e. The molecule has 0 atom stereocenters. The van der Waals surface area contributed by atoms with E-state index in [1.807, 2.05) is 20.9 Å². The number of aryl methyl sites for hydroxylation is 1. The zero-order valence-corrected chi connectivity index (χ0v) is 12.5. The molecule has 0 amide bonds. The average Bonchev–Trinajstić information content (AvgIpc) is 2.37. The molecule has 6 heteroatoms. The Morgan fingerprint density at radius 3 is 2.47 bits per heavy atom. The second-order valence-corrected chi connectivity index (χ2v) is 4.95. The lowest BCUT2D eigenvalue weighted by Crippen LogP contribution is -2.05. The van der Waals surface area contributed by atoms with Crippen molar-refractivity contribution >= 4 is 33.3 Å². The van der Waals surface area contributed by atoms with Gasteiger partial charge < -0.3 is 10.6 Å². The van der Waals surface area contributed by atoms with Crippen LogP contribution in [0.2, 0.25) is 0 Å². The highest BCUT2D eigenvalue weighted by Gasteiger charge is 2.09. The summed E-state index contributed by atoms with van der Waals surface area (Å²) in [6.07, 6.45) is 0. The number of hydrogen-bond acceptors (Lipinski definition) is 4. The molecule has 4 nitrogen and oxygen atoms in total. The van der Waals surface area contributed by atoms with Crippen LogP contribution in [0.25, 0.3) is 0 Å². The molecule has 0 aliphatic heterocycles. The molecule has 0 unspecified atom stereocenters. The number of anilines is 3. The maximum Gasteiger partial charge on any atom is 0.139 e. The van der Waals surface area contributed by atoms with Crippen LogP contribution in [-0.2, 0) is 0 Å². The van der Waals surface area contributed by atoms with Gasteiger partial charge in [-0.2, -0.15) is 0 Å². The third-order valence-corrected chi connectivity index (χ3v) is 3.28. The predicted molar refractivity (Wildman–Crippen MR) is 78.4 cm³/mol. The summed E-state index contributed by atoms with van der Waals surface area (Å²) in [6, 6.07) is 4.73. The summed E-state index contributed by atoms with van der Waals surface area (Å²) >= 11 is 3.16. The van der Waals surface area contributed by atoms with Crippen molar-refractivity contribution in [2.75, 3.05) is 17.7 Å². The largest absolute Gasteiger partial charge is 0.373 e. The molecule has 100 valence electrons. The van der Waals surface area contributed by atoms with Gasteiger partial charge in [0.25, 0.3) is 0 Å². The van der Waals surface area contributed by atoms with Crippen molar-refractivity contribution in [1.29, 1.82) is 0 Å². The van der Waals surface area contributed by atoms with Crippen molar-refractivity contribution in [3.8, 4) is 0 Å². The molecule has 1 heterocycles. The van der Waals surface area contributed by atoms with Gasteiger partial charge in [-0.05, 0) is 48.0 Å². The number of nitrogens with zero attached hydrogens (tertiary/aromatic N) is 2. The SMILES string of the molecule is CNc1nc(C)nc(Nc2ccc(F)c(Br)c2)c1C. The van der Waals surface area contributed by atoms with Crippen molar-refractivity contribution in [3.05, 3.63) is 39.9 Å². The standard InChI is InChI=1S/C13H14BrFN4/c1-7-12(16-3)17-8(2)18-13(7)19-9-4-5-11(15)10(14)6-9/h4-6H,1-3H3,(H2,16,17,18,19). The van der Waals surface area contributed by atoms with Crippen molar-refractivity contribution in [1.82, 2.24) is 9.97 Å². The second-order valence-electron chi connectivity index (χ2n) is 4.10. The van der Waals surface area contributed by atoms with Crippen LogP contribution in [0, 0.1) is 19.7 Å². The molecule has 0 aliphatic carbocycles. The van der Waals surface area contributed by atoms with E-state index < -0.39 is 0 Å². The summed E-state index contributed by atoms with van der Waals surface area (Å²) in [5.41, 5.74) is 1.67. The highest BCUT2D eigenvalue weighted by atomic mass is 79.9. The summed E-state index contributed by atoms with van der Waals surface area (Å²) in [5.74, 6) is 1.85. The van der Waals surface area contributed by atoms with Crippen LogP contribution in [0.5, 0.6) is 0 Å². The van der Waals surface area contributed by atoms with Gasteiger partial charge in [0.15, 0.2) is 0 Å². The lowest BCUT2D eigenvalue weighted by Gasteiger charge is -2.13. The molecule has 0 spiro atoms. The second kappa shape index (κ2) is 5.52. The zero-order valence-electron chi connectivity index (χ0n) is 10.9. The topological polar surface area (TPSA) is 49.8 Å². The molecular formula is C13H14BrFN4. The summed E-state index contributed by atoms with van der Waals surface area (Å²) < 4.78 is 13.6. The van der Waals surface area contributed by atoms with E-state index in [2.05, 4.69) is 36.5 Å². The van der Waals surface area contributed by atoms with E-state index in [0.29, 0.717) is 16.1 Å². The fraction of sp³-hybridized carbons (Fsp3) is 0.231. The van der Waals surface area contributed by atoms with E-state index >= 15 is 0 Å². The van der Waals surface area contributed by atoms with Gasteiger partial charge in [0.1, 0.15) is 23.3 Å². The average molecular weight is 325 g/mol. The van der Waals surface area contributed by atoms with Crippen molar-refractivity contribution in [2.24, 2.45) is 0 Å². The number of benzene rings is 1. The van der Waals surface area contributed by atoms with Crippen molar-refractivity contribution in [2.45, 2.75) is 13.8 Å². The molecule has 0 aliphatic rings. The molecule has 19 heavy (non-hydrogen) atoms. The van der Waals surface area contributed by atoms with Crippen LogP contribution < -0.4 is 10.6 Å². The van der Waals surface area contributed by atoms with E-state index in [1.165, 1.54) is 6.07 Å². The maximum atomic E-state index is 13.2. The predicted octanol–water partition coefficient (Wildman–Crippen LogP) is 3.78. The van der Waals surface area contributed by atoms with Gasteiger partial charge in [-0.25, -0.2) is 14.4 Å². The Hall–Kier alpha value is -1.69. The first-order valence-corrected chi connectivity index (χ1v) is 6.55. The lowest BCUT2D eigenvalue weighted by molar-refractivity contribution is 0.621. The van der Waals surface area contributed by atoms with Crippen LogP contribution in [0.1, 0.15) is 11.4 Å². The number of hydrogen-bond donors (Lipinski definition) is 2. The number of rotatable bonds is 3. The monoisotopic (exact) mass is 324 g/mol. The van der Waals surface area contributed by atoms with Crippen LogP contribution in [0.4, 0.5) is 21.7 Å². The first-order chi connectivity index (χ1) is 9.01. The first kappa shape index (κ1) is 13.7. The van der Waals surface area contributed by atoms with E-state index in [1.54, 1.807) is 12.1 Å². The molecule has 0 saturated carbocycles. The number of nitrogens with one attached hydrogen (secondary N) is 2. The zero-order chi connectivity index (χ0) is 14.0. The van der Waals surface area contributed by atoms with Gasteiger partial charge in [-0.3, -0.25) is 0 Å². The molecule has 0 bridgehead atoms. The van der Waals surface area contributed by atoms with E-state index in [0.717, 1.165) is 17.1 Å².